The highest BCUT2D eigenvalue weighted by molar-refractivity contribution is 5.81. The fourth-order valence-corrected chi connectivity index (χ4v) is 1.59. The molecule has 1 aliphatic heterocycles. The van der Waals surface area contributed by atoms with Crippen LogP contribution in [0.4, 0.5) is 0 Å². The van der Waals surface area contributed by atoms with Gasteiger partial charge in [0.25, 0.3) is 0 Å². The van der Waals surface area contributed by atoms with Gasteiger partial charge < -0.3 is 10.2 Å². The van der Waals surface area contributed by atoms with Gasteiger partial charge >= 0.3 is 0 Å². The first kappa shape index (κ1) is 10.3. The van der Waals surface area contributed by atoms with E-state index in [0.717, 1.165) is 13.1 Å². The topological polar surface area (TPSA) is 32.3 Å². The largest absolute Gasteiger partial charge is 0.337 e. The molecule has 0 aromatic heterocycles. The fourth-order valence-electron chi connectivity index (χ4n) is 1.59. The summed E-state index contributed by atoms with van der Waals surface area (Å²) in [4.78, 5) is 13.6. The molecule has 1 saturated heterocycles. The van der Waals surface area contributed by atoms with E-state index in [2.05, 4.69) is 18.8 Å². The van der Waals surface area contributed by atoms with Gasteiger partial charge in [-0.05, 0) is 12.8 Å². The van der Waals surface area contributed by atoms with E-state index >= 15 is 0 Å². The number of nitrogens with zero attached hydrogens (tertiary/aromatic N) is 1. The minimum Gasteiger partial charge on any atom is -0.337 e. The molecule has 1 aliphatic rings. The number of hydrogen-bond acceptors (Lipinski definition) is 2. The molecule has 0 radical (unpaired) electrons. The van der Waals surface area contributed by atoms with Crippen molar-refractivity contribution in [3.05, 3.63) is 12.7 Å². The summed E-state index contributed by atoms with van der Waals surface area (Å²) >= 11 is 0. The van der Waals surface area contributed by atoms with Crippen molar-refractivity contribution in [1.29, 1.82) is 0 Å². The van der Waals surface area contributed by atoms with Gasteiger partial charge in [-0.15, -0.1) is 6.58 Å². The van der Waals surface area contributed by atoms with Crippen molar-refractivity contribution < 1.29 is 4.79 Å². The molecule has 13 heavy (non-hydrogen) atoms. The third-order valence-corrected chi connectivity index (χ3v) is 2.34. The zero-order chi connectivity index (χ0) is 9.84. The quantitative estimate of drug-likeness (QED) is 0.635. The second-order valence-corrected chi connectivity index (χ2v) is 3.77. The van der Waals surface area contributed by atoms with E-state index in [1.807, 2.05) is 11.8 Å². The van der Waals surface area contributed by atoms with E-state index < -0.39 is 0 Å². The lowest BCUT2D eigenvalue weighted by Gasteiger charge is -2.22. The first-order valence-corrected chi connectivity index (χ1v) is 4.78. The van der Waals surface area contributed by atoms with Crippen LogP contribution in [0.2, 0.25) is 0 Å². The van der Waals surface area contributed by atoms with Crippen LogP contribution in [0, 0.1) is 5.92 Å². The summed E-state index contributed by atoms with van der Waals surface area (Å²) in [6.07, 6.45) is 1.78. The molecule has 1 amide bonds. The number of nitrogens with one attached hydrogen (secondary N) is 1. The summed E-state index contributed by atoms with van der Waals surface area (Å²) in [5, 5.41) is 3.21. The van der Waals surface area contributed by atoms with Crippen LogP contribution in [-0.4, -0.2) is 36.5 Å². The fraction of sp³-hybridized carbons (Fsp3) is 0.700. The van der Waals surface area contributed by atoms with Gasteiger partial charge in [0.1, 0.15) is 0 Å². The van der Waals surface area contributed by atoms with Crippen molar-refractivity contribution in [3.8, 4) is 0 Å². The Morgan fingerprint density at radius 1 is 1.69 bits per heavy atom. The van der Waals surface area contributed by atoms with Crippen LogP contribution in [0.1, 0.15) is 13.8 Å². The van der Waals surface area contributed by atoms with Crippen molar-refractivity contribution in [3.63, 3.8) is 0 Å². The molecule has 1 N–H and O–H groups in total. The lowest BCUT2D eigenvalue weighted by molar-refractivity contribution is -0.131. The Morgan fingerprint density at radius 2 is 2.38 bits per heavy atom. The van der Waals surface area contributed by atoms with E-state index in [-0.39, 0.29) is 11.9 Å². The van der Waals surface area contributed by atoms with E-state index in [1.165, 1.54) is 0 Å². The molecular weight excluding hydrogens is 164 g/mol. The summed E-state index contributed by atoms with van der Waals surface area (Å²) in [5.74, 6) is 0.707. The lowest BCUT2D eigenvalue weighted by Crippen LogP contribution is -2.41. The number of amides is 1. The van der Waals surface area contributed by atoms with E-state index in [4.69, 9.17) is 0 Å². The molecule has 0 aromatic carbocycles. The zero-order valence-corrected chi connectivity index (χ0v) is 8.42. The van der Waals surface area contributed by atoms with Crippen LogP contribution in [0.25, 0.3) is 0 Å². The van der Waals surface area contributed by atoms with E-state index in [0.29, 0.717) is 12.5 Å². The molecule has 0 saturated carbocycles. The Hall–Kier alpha value is -0.830. The van der Waals surface area contributed by atoms with Gasteiger partial charge in [-0.3, -0.25) is 4.79 Å². The molecular formula is C10H18N2O. The second-order valence-electron chi connectivity index (χ2n) is 3.77. The summed E-state index contributed by atoms with van der Waals surface area (Å²) in [6, 6.07) is -0.0510. The molecule has 3 heteroatoms. The number of hydrogen-bond donors (Lipinski definition) is 1. The van der Waals surface area contributed by atoms with Crippen LogP contribution in [0.3, 0.4) is 0 Å². The molecule has 1 fully saturated rings. The molecule has 1 rings (SSSR count). The monoisotopic (exact) mass is 182 g/mol. The van der Waals surface area contributed by atoms with Gasteiger partial charge in [-0.25, -0.2) is 0 Å². The maximum atomic E-state index is 11.7. The standard InChI is InChI=1S/C10H18N2O/c1-4-5-12-7-8(2)6-11-9(3)10(12)13/h4,8-9,11H,1,5-7H2,2-3H3. The van der Waals surface area contributed by atoms with Crippen molar-refractivity contribution in [2.75, 3.05) is 19.6 Å². The predicted molar refractivity (Wildman–Crippen MR) is 53.4 cm³/mol. The summed E-state index contributed by atoms with van der Waals surface area (Å²) < 4.78 is 0. The van der Waals surface area contributed by atoms with Crippen LogP contribution in [-0.2, 0) is 4.79 Å². The number of carbonyl (C=O) groups is 1. The highest BCUT2D eigenvalue weighted by Crippen LogP contribution is 2.06. The molecule has 0 aromatic rings. The minimum atomic E-state index is -0.0510. The number of carbonyl (C=O) groups excluding carboxylic acids is 1. The Kier molecular flexibility index (Phi) is 3.48. The third-order valence-electron chi connectivity index (χ3n) is 2.34. The Morgan fingerprint density at radius 3 is 3.00 bits per heavy atom. The van der Waals surface area contributed by atoms with Crippen LogP contribution >= 0.6 is 0 Å². The first-order chi connectivity index (χ1) is 6.15. The van der Waals surface area contributed by atoms with Crippen molar-refractivity contribution in [2.24, 2.45) is 5.92 Å². The summed E-state index contributed by atoms with van der Waals surface area (Å²) in [6.45, 7) is 10.1. The highest BCUT2D eigenvalue weighted by atomic mass is 16.2. The van der Waals surface area contributed by atoms with Gasteiger partial charge in [0, 0.05) is 19.6 Å². The maximum Gasteiger partial charge on any atom is 0.239 e. The molecule has 74 valence electrons. The van der Waals surface area contributed by atoms with Gasteiger partial charge in [-0.1, -0.05) is 13.0 Å². The maximum absolute atomic E-state index is 11.7. The second kappa shape index (κ2) is 4.42. The molecule has 1 heterocycles. The molecule has 0 bridgehead atoms. The van der Waals surface area contributed by atoms with Gasteiger partial charge in [0.2, 0.25) is 5.91 Å². The Labute approximate surface area is 79.8 Å². The van der Waals surface area contributed by atoms with Crippen LogP contribution < -0.4 is 5.32 Å². The first-order valence-electron chi connectivity index (χ1n) is 4.78. The van der Waals surface area contributed by atoms with Crippen molar-refractivity contribution >= 4 is 5.91 Å². The minimum absolute atomic E-state index is 0.0510. The number of rotatable bonds is 2. The third kappa shape index (κ3) is 2.56. The summed E-state index contributed by atoms with van der Waals surface area (Å²) in [7, 11) is 0. The van der Waals surface area contributed by atoms with E-state index in [1.54, 1.807) is 6.08 Å². The van der Waals surface area contributed by atoms with Gasteiger partial charge in [-0.2, -0.15) is 0 Å². The van der Waals surface area contributed by atoms with Crippen molar-refractivity contribution in [2.45, 2.75) is 19.9 Å². The molecule has 2 unspecified atom stereocenters. The molecule has 0 aliphatic carbocycles. The van der Waals surface area contributed by atoms with E-state index in [9.17, 15) is 4.79 Å². The van der Waals surface area contributed by atoms with Gasteiger partial charge in [0.05, 0.1) is 6.04 Å². The normalized spacial score (nSPS) is 30.0. The molecule has 0 spiro atoms. The smallest absolute Gasteiger partial charge is 0.239 e. The lowest BCUT2D eigenvalue weighted by atomic mass is 10.2. The van der Waals surface area contributed by atoms with Crippen molar-refractivity contribution in [1.82, 2.24) is 10.2 Å². The SMILES string of the molecule is C=CCN1CC(C)CNC(C)C1=O. The average Bonchev–Trinajstić information content (AvgIpc) is 2.21. The van der Waals surface area contributed by atoms with Gasteiger partial charge in [0.15, 0.2) is 0 Å². The molecule has 3 nitrogen and oxygen atoms in total. The summed E-state index contributed by atoms with van der Waals surface area (Å²) in [5.41, 5.74) is 0. The van der Waals surface area contributed by atoms with Crippen LogP contribution in [0.5, 0.6) is 0 Å². The predicted octanol–water partition coefficient (Wildman–Crippen LogP) is 0.629. The Balaban J connectivity index is 2.66. The molecule has 2 atom stereocenters. The zero-order valence-electron chi connectivity index (χ0n) is 8.42. The van der Waals surface area contributed by atoms with Crippen LogP contribution in [0.15, 0.2) is 12.7 Å². The average molecular weight is 182 g/mol. The highest BCUT2D eigenvalue weighted by Gasteiger charge is 2.24. The Bertz CT molecular complexity index is 203.